The second-order valence-electron chi connectivity index (χ2n) is 8.42. The Morgan fingerprint density at radius 3 is 2.37 bits per heavy atom. The number of rotatable bonds is 7. The molecule has 5 nitrogen and oxygen atoms in total. The highest BCUT2D eigenvalue weighted by Gasteiger charge is 2.35. The third kappa shape index (κ3) is 5.45. The van der Waals surface area contributed by atoms with Gasteiger partial charge in [0, 0.05) is 58.4 Å². The van der Waals surface area contributed by atoms with Gasteiger partial charge in [0.15, 0.2) is 0 Å². The molecule has 27 heavy (non-hydrogen) atoms. The van der Waals surface area contributed by atoms with Gasteiger partial charge in [-0.25, -0.2) is 0 Å². The van der Waals surface area contributed by atoms with Crippen LogP contribution in [0.3, 0.4) is 0 Å². The molecule has 5 heteroatoms. The molecular formula is C22H35N3O2. The fraction of sp³-hybridized carbons (Fsp3) is 0.682. The summed E-state index contributed by atoms with van der Waals surface area (Å²) in [7, 11) is 4.06. The van der Waals surface area contributed by atoms with Gasteiger partial charge in [0.25, 0.3) is 0 Å². The van der Waals surface area contributed by atoms with Gasteiger partial charge in [-0.2, -0.15) is 0 Å². The number of piperidine rings is 1. The van der Waals surface area contributed by atoms with Gasteiger partial charge in [-0.1, -0.05) is 18.6 Å². The number of aliphatic hydroxyl groups is 1. The number of hydrogen-bond donors (Lipinski definition) is 1. The molecule has 2 aliphatic rings. The van der Waals surface area contributed by atoms with E-state index in [-0.39, 0.29) is 18.4 Å². The fourth-order valence-electron chi connectivity index (χ4n) is 4.40. The van der Waals surface area contributed by atoms with Crippen molar-refractivity contribution < 1.29 is 9.90 Å². The van der Waals surface area contributed by atoms with Gasteiger partial charge < -0.3 is 19.8 Å². The average molecular weight is 374 g/mol. The van der Waals surface area contributed by atoms with Crippen molar-refractivity contribution in [3.63, 3.8) is 0 Å². The van der Waals surface area contributed by atoms with Gasteiger partial charge >= 0.3 is 0 Å². The van der Waals surface area contributed by atoms with Crippen molar-refractivity contribution in [2.75, 3.05) is 58.3 Å². The summed E-state index contributed by atoms with van der Waals surface area (Å²) in [4.78, 5) is 19.3. The number of amides is 1. The molecule has 0 bridgehead atoms. The minimum Gasteiger partial charge on any atom is -0.396 e. The van der Waals surface area contributed by atoms with E-state index in [1.165, 1.54) is 43.6 Å². The van der Waals surface area contributed by atoms with E-state index in [0.29, 0.717) is 18.9 Å². The lowest BCUT2D eigenvalue weighted by atomic mass is 9.95. The highest BCUT2D eigenvalue weighted by molar-refractivity contribution is 5.76. The Hall–Kier alpha value is -1.59. The predicted octanol–water partition coefficient (Wildman–Crippen LogP) is 2.24. The predicted molar refractivity (Wildman–Crippen MR) is 110 cm³/mol. The van der Waals surface area contributed by atoms with Crippen LogP contribution in [0.15, 0.2) is 24.3 Å². The Balaban J connectivity index is 1.49. The number of anilines is 1. The number of carbonyl (C=O) groups is 1. The zero-order valence-corrected chi connectivity index (χ0v) is 16.9. The van der Waals surface area contributed by atoms with Gasteiger partial charge in [-0.3, -0.25) is 4.79 Å². The summed E-state index contributed by atoms with van der Waals surface area (Å²) in [6.07, 6.45) is 5.24. The molecule has 0 spiro atoms. The van der Waals surface area contributed by atoms with Crippen LogP contribution in [-0.2, 0) is 11.2 Å². The summed E-state index contributed by atoms with van der Waals surface area (Å²) >= 11 is 0. The van der Waals surface area contributed by atoms with E-state index in [1.54, 1.807) is 0 Å². The molecular weight excluding hydrogens is 338 g/mol. The molecule has 2 aliphatic heterocycles. The van der Waals surface area contributed by atoms with Crippen LogP contribution in [-0.4, -0.2) is 74.2 Å². The summed E-state index contributed by atoms with van der Waals surface area (Å²) < 4.78 is 0. The van der Waals surface area contributed by atoms with Crippen molar-refractivity contribution >= 4 is 11.6 Å². The van der Waals surface area contributed by atoms with Crippen molar-refractivity contribution in [1.82, 2.24) is 9.80 Å². The van der Waals surface area contributed by atoms with Gasteiger partial charge in [0.05, 0.1) is 0 Å². The van der Waals surface area contributed by atoms with Crippen molar-refractivity contribution in [2.45, 2.75) is 32.1 Å². The summed E-state index contributed by atoms with van der Waals surface area (Å²) in [6.45, 7) is 5.08. The SMILES string of the molecule is CN(C)c1ccc(CCC(=O)N2C[C@@H](CN3CCCCC3)[C@@H](CO)C2)cc1. The summed E-state index contributed by atoms with van der Waals surface area (Å²) in [6, 6.07) is 8.43. The van der Waals surface area contributed by atoms with Gasteiger partial charge in [-0.05, 0) is 56.0 Å². The summed E-state index contributed by atoms with van der Waals surface area (Å²) in [5.41, 5.74) is 2.38. The molecule has 1 N–H and O–H groups in total. The van der Waals surface area contributed by atoms with E-state index in [9.17, 15) is 9.90 Å². The van der Waals surface area contributed by atoms with Gasteiger partial charge in [0.1, 0.15) is 0 Å². The van der Waals surface area contributed by atoms with Crippen molar-refractivity contribution in [3.05, 3.63) is 29.8 Å². The van der Waals surface area contributed by atoms with Crippen molar-refractivity contribution in [3.8, 4) is 0 Å². The van der Waals surface area contributed by atoms with E-state index in [4.69, 9.17) is 0 Å². The molecule has 0 aromatic heterocycles. The zero-order chi connectivity index (χ0) is 19.2. The monoisotopic (exact) mass is 373 g/mol. The first-order chi connectivity index (χ1) is 13.1. The quantitative estimate of drug-likeness (QED) is 0.796. The van der Waals surface area contributed by atoms with Crippen LogP contribution in [0.2, 0.25) is 0 Å². The maximum absolute atomic E-state index is 12.7. The Bertz CT molecular complexity index is 596. The van der Waals surface area contributed by atoms with Crippen LogP contribution in [0.5, 0.6) is 0 Å². The molecule has 0 aliphatic carbocycles. The molecule has 2 fully saturated rings. The maximum Gasteiger partial charge on any atom is 0.222 e. The Kier molecular flexibility index (Phi) is 7.13. The van der Waals surface area contributed by atoms with E-state index >= 15 is 0 Å². The number of aryl methyl sites for hydroxylation is 1. The smallest absolute Gasteiger partial charge is 0.222 e. The highest BCUT2D eigenvalue weighted by atomic mass is 16.3. The van der Waals surface area contributed by atoms with Gasteiger partial charge in [0.2, 0.25) is 5.91 Å². The standard InChI is InChI=1S/C22H35N3O2/c1-23(2)21-9-6-18(7-10-21)8-11-22(27)25-15-19(20(16-25)17-26)14-24-12-4-3-5-13-24/h6-7,9-10,19-20,26H,3-5,8,11-17H2,1-2H3/t19-,20-/m1/s1. The molecule has 3 rings (SSSR count). The second-order valence-corrected chi connectivity index (χ2v) is 8.42. The van der Waals surface area contributed by atoms with E-state index in [2.05, 4.69) is 34.1 Å². The molecule has 2 saturated heterocycles. The Labute approximate surface area is 163 Å². The maximum atomic E-state index is 12.7. The normalized spacial score (nSPS) is 23.6. The average Bonchev–Trinajstić information content (AvgIpc) is 3.10. The first-order valence-electron chi connectivity index (χ1n) is 10.4. The number of likely N-dealkylation sites (tertiary alicyclic amines) is 2. The fourth-order valence-corrected chi connectivity index (χ4v) is 4.40. The van der Waals surface area contributed by atoms with E-state index < -0.39 is 0 Å². The van der Waals surface area contributed by atoms with Gasteiger partial charge in [-0.15, -0.1) is 0 Å². The minimum absolute atomic E-state index is 0.189. The number of carbonyl (C=O) groups excluding carboxylic acids is 1. The topological polar surface area (TPSA) is 47.0 Å². The number of nitrogens with zero attached hydrogens (tertiary/aromatic N) is 3. The lowest BCUT2D eigenvalue weighted by molar-refractivity contribution is -0.130. The number of benzene rings is 1. The van der Waals surface area contributed by atoms with Crippen LogP contribution < -0.4 is 4.90 Å². The lowest BCUT2D eigenvalue weighted by Crippen LogP contribution is -2.37. The van der Waals surface area contributed by atoms with E-state index in [1.807, 2.05) is 19.0 Å². The van der Waals surface area contributed by atoms with Crippen molar-refractivity contribution in [1.29, 1.82) is 0 Å². The Morgan fingerprint density at radius 2 is 1.74 bits per heavy atom. The van der Waals surface area contributed by atoms with Crippen LogP contribution >= 0.6 is 0 Å². The zero-order valence-electron chi connectivity index (χ0n) is 16.9. The first-order valence-corrected chi connectivity index (χ1v) is 10.4. The molecule has 150 valence electrons. The lowest BCUT2D eigenvalue weighted by Gasteiger charge is -2.30. The molecule has 1 aromatic rings. The number of hydrogen-bond acceptors (Lipinski definition) is 4. The first kappa shape index (κ1) is 20.2. The summed E-state index contributed by atoms with van der Waals surface area (Å²) in [5.74, 6) is 0.873. The van der Waals surface area contributed by atoms with E-state index in [0.717, 1.165) is 19.5 Å². The molecule has 0 radical (unpaired) electrons. The van der Waals surface area contributed by atoms with Crippen LogP contribution in [0, 0.1) is 11.8 Å². The third-order valence-corrected chi connectivity index (χ3v) is 6.19. The van der Waals surface area contributed by atoms with Crippen LogP contribution in [0.25, 0.3) is 0 Å². The van der Waals surface area contributed by atoms with Crippen LogP contribution in [0.1, 0.15) is 31.2 Å². The molecule has 1 amide bonds. The molecule has 0 saturated carbocycles. The largest absolute Gasteiger partial charge is 0.396 e. The summed E-state index contributed by atoms with van der Waals surface area (Å²) in [5, 5.41) is 9.78. The minimum atomic E-state index is 0.189. The third-order valence-electron chi connectivity index (χ3n) is 6.19. The second kappa shape index (κ2) is 9.56. The molecule has 1 aromatic carbocycles. The molecule has 0 unspecified atom stereocenters. The number of aliphatic hydroxyl groups excluding tert-OH is 1. The highest BCUT2D eigenvalue weighted by Crippen LogP contribution is 2.26. The molecule has 2 atom stereocenters. The van der Waals surface area contributed by atoms with Crippen molar-refractivity contribution in [2.24, 2.45) is 11.8 Å². The van der Waals surface area contributed by atoms with Crippen LogP contribution in [0.4, 0.5) is 5.69 Å². The Morgan fingerprint density at radius 1 is 1.07 bits per heavy atom. The molecule has 2 heterocycles.